The predicted molar refractivity (Wildman–Crippen MR) is 104 cm³/mol. The lowest BCUT2D eigenvalue weighted by Crippen LogP contribution is -2.36. The van der Waals surface area contributed by atoms with Gasteiger partial charge in [-0.25, -0.2) is 0 Å². The summed E-state index contributed by atoms with van der Waals surface area (Å²) in [5.41, 5.74) is 0.775. The van der Waals surface area contributed by atoms with Gasteiger partial charge in [-0.1, -0.05) is 26.0 Å². The summed E-state index contributed by atoms with van der Waals surface area (Å²) in [7, 11) is 0. The van der Waals surface area contributed by atoms with E-state index in [1.54, 1.807) is 24.3 Å². The van der Waals surface area contributed by atoms with Crippen LogP contribution < -0.4 is 5.32 Å². The Morgan fingerprint density at radius 2 is 1.64 bits per heavy atom. The van der Waals surface area contributed by atoms with Gasteiger partial charge in [-0.15, -0.1) is 0 Å². The number of imide groups is 1. The standard InChI is InChI=1S/C21H28N2O5/c1-14(2)10-11-15(3)22-18(24)13-28-19(25)9-6-12-23-20(26)16-7-4-5-8-17(16)21(23)27/h4-5,7-8,14-15H,6,9-13H2,1-3H3,(H,22,24)/t15-/m0/s1. The Hall–Kier alpha value is -2.70. The maximum absolute atomic E-state index is 12.2. The van der Waals surface area contributed by atoms with E-state index in [2.05, 4.69) is 19.2 Å². The minimum atomic E-state index is -0.526. The molecule has 0 spiro atoms. The molecule has 0 aromatic heterocycles. The number of esters is 1. The van der Waals surface area contributed by atoms with Gasteiger partial charge in [0, 0.05) is 19.0 Å². The number of fused-ring (bicyclic) bond motifs is 1. The van der Waals surface area contributed by atoms with Crippen molar-refractivity contribution in [3.8, 4) is 0 Å². The summed E-state index contributed by atoms with van der Waals surface area (Å²) in [6, 6.07) is 6.68. The molecule has 1 aliphatic heterocycles. The van der Waals surface area contributed by atoms with Crippen molar-refractivity contribution in [1.29, 1.82) is 0 Å². The van der Waals surface area contributed by atoms with E-state index in [-0.39, 0.29) is 49.8 Å². The van der Waals surface area contributed by atoms with Crippen LogP contribution in [0, 0.1) is 5.92 Å². The number of hydrogen-bond donors (Lipinski definition) is 1. The average Bonchev–Trinajstić information content (AvgIpc) is 2.90. The molecule has 1 aromatic carbocycles. The monoisotopic (exact) mass is 388 g/mol. The van der Waals surface area contributed by atoms with Crippen molar-refractivity contribution in [2.75, 3.05) is 13.2 Å². The second kappa shape index (κ2) is 10.0. The van der Waals surface area contributed by atoms with Crippen LogP contribution in [0.15, 0.2) is 24.3 Å². The molecule has 1 heterocycles. The lowest BCUT2D eigenvalue weighted by Gasteiger charge is -2.15. The van der Waals surface area contributed by atoms with Crippen molar-refractivity contribution >= 4 is 23.7 Å². The molecule has 0 aliphatic carbocycles. The molecule has 7 heteroatoms. The van der Waals surface area contributed by atoms with Gasteiger partial charge in [0.2, 0.25) is 0 Å². The molecule has 152 valence electrons. The second-order valence-corrected chi connectivity index (χ2v) is 7.51. The van der Waals surface area contributed by atoms with Crippen molar-refractivity contribution in [3.63, 3.8) is 0 Å². The Labute approximate surface area is 165 Å². The van der Waals surface area contributed by atoms with Crippen LogP contribution in [0.2, 0.25) is 0 Å². The largest absolute Gasteiger partial charge is 0.456 e. The molecule has 0 bridgehead atoms. The minimum Gasteiger partial charge on any atom is -0.456 e. The number of benzene rings is 1. The molecule has 3 amide bonds. The zero-order valence-electron chi connectivity index (χ0n) is 16.7. The average molecular weight is 388 g/mol. The Morgan fingerprint density at radius 3 is 2.21 bits per heavy atom. The van der Waals surface area contributed by atoms with E-state index in [0.717, 1.165) is 17.7 Å². The highest BCUT2D eigenvalue weighted by molar-refractivity contribution is 6.21. The Balaban J connectivity index is 1.66. The molecule has 1 aromatic rings. The summed E-state index contributed by atoms with van der Waals surface area (Å²) < 4.78 is 4.97. The Bertz CT molecular complexity index is 709. The maximum atomic E-state index is 12.2. The molecule has 0 fully saturated rings. The smallest absolute Gasteiger partial charge is 0.306 e. The molecule has 0 saturated heterocycles. The Kier molecular flexibility index (Phi) is 7.72. The van der Waals surface area contributed by atoms with E-state index in [0.29, 0.717) is 17.0 Å². The number of carbonyl (C=O) groups excluding carboxylic acids is 4. The lowest BCUT2D eigenvalue weighted by atomic mass is 10.0. The zero-order chi connectivity index (χ0) is 20.7. The van der Waals surface area contributed by atoms with Crippen LogP contribution in [0.4, 0.5) is 0 Å². The van der Waals surface area contributed by atoms with Gasteiger partial charge in [0.1, 0.15) is 0 Å². The molecule has 1 atom stereocenters. The fourth-order valence-corrected chi connectivity index (χ4v) is 3.01. The first kappa shape index (κ1) is 21.6. The first-order valence-corrected chi connectivity index (χ1v) is 9.69. The molecular formula is C21H28N2O5. The highest BCUT2D eigenvalue weighted by atomic mass is 16.5. The van der Waals surface area contributed by atoms with Gasteiger partial charge in [0.15, 0.2) is 6.61 Å². The molecule has 0 radical (unpaired) electrons. The molecule has 1 aliphatic rings. The van der Waals surface area contributed by atoms with E-state index in [1.807, 2.05) is 6.92 Å². The van der Waals surface area contributed by atoms with E-state index in [4.69, 9.17) is 4.74 Å². The number of rotatable bonds is 10. The fourth-order valence-electron chi connectivity index (χ4n) is 3.01. The lowest BCUT2D eigenvalue weighted by molar-refractivity contribution is -0.148. The summed E-state index contributed by atoms with van der Waals surface area (Å²) in [6.07, 6.45) is 2.21. The molecule has 0 saturated carbocycles. The first-order chi connectivity index (χ1) is 13.3. The van der Waals surface area contributed by atoms with Crippen LogP contribution in [-0.2, 0) is 14.3 Å². The normalized spacial score (nSPS) is 14.2. The number of nitrogens with one attached hydrogen (secondary N) is 1. The number of amides is 3. The molecule has 1 N–H and O–H groups in total. The van der Waals surface area contributed by atoms with E-state index in [1.165, 1.54) is 0 Å². The van der Waals surface area contributed by atoms with Gasteiger partial charge >= 0.3 is 5.97 Å². The van der Waals surface area contributed by atoms with Gasteiger partial charge in [-0.3, -0.25) is 24.1 Å². The third-order valence-electron chi connectivity index (χ3n) is 4.59. The molecular weight excluding hydrogens is 360 g/mol. The van der Waals surface area contributed by atoms with Crippen LogP contribution in [0.1, 0.15) is 67.2 Å². The van der Waals surface area contributed by atoms with Crippen molar-refractivity contribution in [3.05, 3.63) is 35.4 Å². The maximum Gasteiger partial charge on any atom is 0.306 e. The number of ether oxygens (including phenoxy) is 1. The number of nitrogens with zero attached hydrogens (tertiary/aromatic N) is 1. The van der Waals surface area contributed by atoms with E-state index >= 15 is 0 Å². The topological polar surface area (TPSA) is 92.8 Å². The van der Waals surface area contributed by atoms with Gasteiger partial charge in [0.05, 0.1) is 11.1 Å². The van der Waals surface area contributed by atoms with Gasteiger partial charge < -0.3 is 10.1 Å². The Morgan fingerprint density at radius 1 is 1.04 bits per heavy atom. The van der Waals surface area contributed by atoms with Crippen molar-refractivity contribution in [1.82, 2.24) is 10.2 Å². The van der Waals surface area contributed by atoms with Crippen LogP contribution in [0.25, 0.3) is 0 Å². The molecule has 0 unspecified atom stereocenters. The van der Waals surface area contributed by atoms with E-state index in [9.17, 15) is 19.2 Å². The quantitative estimate of drug-likeness (QED) is 0.491. The second-order valence-electron chi connectivity index (χ2n) is 7.51. The third-order valence-corrected chi connectivity index (χ3v) is 4.59. The van der Waals surface area contributed by atoms with Crippen LogP contribution in [0.5, 0.6) is 0 Å². The summed E-state index contributed by atoms with van der Waals surface area (Å²) in [6.45, 7) is 5.98. The minimum absolute atomic E-state index is 0.0300. The molecule has 2 rings (SSSR count). The summed E-state index contributed by atoms with van der Waals surface area (Å²) in [4.78, 5) is 49.2. The molecule has 7 nitrogen and oxygen atoms in total. The summed E-state index contributed by atoms with van der Waals surface area (Å²) in [5, 5.41) is 2.80. The predicted octanol–water partition coefficient (Wildman–Crippen LogP) is 2.55. The SMILES string of the molecule is CC(C)CC[C@H](C)NC(=O)COC(=O)CCCN1C(=O)c2ccccc2C1=O. The van der Waals surface area contributed by atoms with Gasteiger partial charge in [0.25, 0.3) is 17.7 Å². The first-order valence-electron chi connectivity index (χ1n) is 9.69. The van der Waals surface area contributed by atoms with Crippen LogP contribution >= 0.6 is 0 Å². The van der Waals surface area contributed by atoms with Gasteiger partial charge in [-0.05, 0) is 44.2 Å². The van der Waals surface area contributed by atoms with E-state index < -0.39 is 5.97 Å². The van der Waals surface area contributed by atoms with Crippen molar-refractivity contribution < 1.29 is 23.9 Å². The number of carbonyl (C=O) groups is 4. The zero-order valence-corrected chi connectivity index (χ0v) is 16.7. The fraction of sp³-hybridized carbons (Fsp3) is 0.524. The highest BCUT2D eigenvalue weighted by Crippen LogP contribution is 2.22. The highest BCUT2D eigenvalue weighted by Gasteiger charge is 2.34. The third kappa shape index (κ3) is 5.90. The van der Waals surface area contributed by atoms with Gasteiger partial charge in [-0.2, -0.15) is 0 Å². The van der Waals surface area contributed by atoms with Crippen molar-refractivity contribution in [2.24, 2.45) is 5.92 Å². The van der Waals surface area contributed by atoms with Crippen molar-refractivity contribution in [2.45, 2.75) is 52.5 Å². The summed E-state index contributed by atoms with van der Waals surface area (Å²) >= 11 is 0. The van der Waals surface area contributed by atoms with Crippen LogP contribution in [-0.4, -0.2) is 47.8 Å². The summed E-state index contributed by atoms with van der Waals surface area (Å²) in [5.74, 6) is -0.974. The molecule has 28 heavy (non-hydrogen) atoms. The van der Waals surface area contributed by atoms with Crippen LogP contribution in [0.3, 0.4) is 0 Å². The number of hydrogen-bond acceptors (Lipinski definition) is 5.